The number of sulfonamides is 1. The van der Waals surface area contributed by atoms with Crippen LogP contribution in [0.1, 0.15) is 19.3 Å². The zero-order valence-electron chi connectivity index (χ0n) is 13.9. The van der Waals surface area contributed by atoms with Gasteiger partial charge >= 0.3 is 0 Å². The zero-order valence-corrected chi connectivity index (χ0v) is 16.3. The minimum Gasteiger partial charge on any atom is -0.317 e. The molecule has 3 aliphatic heterocycles. The lowest BCUT2D eigenvalue weighted by atomic mass is 9.97. The van der Waals surface area contributed by atoms with Gasteiger partial charge in [0.25, 0.3) is 0 Å². The van der Waals surface area contributed by atoms with Gasteiger partial charge in [0.05, 0.1) is 16.8 Å². The number of hydrogen-bond donors (Lipinski definition) is 1. The first-order chi connectivity index (χ1) is 10.9. The molecule has 0 aliphatic carbocycles. The summed E-state index contributed by atoms with van der Waals surface area (Å²) in [7, 11) is -6.64. The van der Waals surface area contributed by atoms with Crippen LogP contribution in [0.2, 0.25) is 0 Å². The molecule has 3 aliphatic rings. The summed E-state index contributed by atoms with van der Waals surface area (Å²) in [5.41, 5.74) is 0. The molecule has 10 heteroatoms. The summed E-state index contributed by atoms with van der Waals surface area (Å²) in [6.07, 6.45) is 2.64. The highest BCUT2D eigenvalue weighted by molar-refractivity contribution is 7.95. The van der Waals surface area contributed by atoms with Crippen molar-refractivity contribution in [3.63, 3.8) is 0 Å². The number of rotatable bonds is 4. The molecule has 142 valence electrons. The second-order valence-electron chi connectivity index (χ2n) is 6.96. The molecule has 0 radical (unpaired) electrons. The Bertz CT molecular complexity index is 612. The van der Waals surface area contributed by atoms with Crippen molar-refractivity contribution in [1.29, 1.82) is 0 Å². The molecule has 3 saturated heterocycles. The zero-order chi connectivity index (χ0) is 16.5. The third-order valence-electron chi connectivity index (χ3n) is 5.28. The summed E-state index contributed by atoms with van der Waals surface area (Å²) in [5, 5.41) is 2.63. The quantitative estimate of drug-likeness (QED) is 0.686. The average Bonchev–Trinajstić information content (AvgIpc) is 2.90. The largest absolute Gasteiger partial charge is 0.317 e. The van der Waals surface area contributed by atoms with Crippen molar-refractivity contribution in [3.8, 4) is 0 Å². The smallest absolute Gasteiger partial charge is 0.218 e. The van der Waals surface area contributed by atoms with Gasteiger partial charge in [-0.05, 0) is 38.3 Å². The van der Waals surface area contributed by atoms with Gasteiger partial charge in [-0.1, -0.05) is 0 Å². The maximum atomic E-state index is 12.6. The van der Waals surface area contributed by atoms with Gasteiger partial charge in [0, 0.05) is 32.7 Å². The van der Waals surface area contributed by atoms with Crippen molar-refractivity contribution < 1.29 is 16.8 Å². The van der Waals surface area contributed by atoms with Gasteiger partial charge in [-0.15, -0.1) is 12.4 Å². The van der Waals surface area contributed by atoms with E-state index in [4.69, 9.17) is 0 Å². The molecule has 0 aromatic rings. The van der Waals surface area contributed by atoms with E-state index >= 15 is 0 Å². The summed E-state index contributed by atoms with van der Waals surface area (Å²) < 4.78 is 49.8. The maximum Gasteiger partial charge on any atom is 0.218 e. The second-order valence-corrected chi connectivity index (χ2v) is 11.4. The minimum atomic E-state index is -3.47. The fourth-order valence-electron chi connectivity index (χ4n) is 3.80. The van der Waals surface area contributed by atoms with Gasteiger partial charge in [0.2, 0.25) is 10.0 Å². The van der Waals surface area contributed by atoms with E-state index in [1.54, 1.807) is 0 Å². The number of hydrogen-bond acceptors (Lipinski definition) is 6. The van der Waals surface area contributed by atoms with Gasteiger partial charge < -0.3 is 10.2 Å². The van der Waals surface area contributed by atoms with E-state index in [-0.39, 0.29) is 30.3 Å². The Balaban J connectivity index is 0.00000208. The lowest BCUT2D eigenvalue weighted by Crippen LogP contribution is -2.52. The van der Waals surface area contributed by atoms with Gasteiger partial charge in [-0.3, -0.25) is 0 Å². The summed E-state index contributed by atoms with van der Waals surface area (Å²) in [5.74, 6) is 0.511. The van der Waals surface area contributed by atoms with Crippen LogP contribution in [-0.4, -0.2) is 88.6 Å². The van der Waals surface area contributed by atoms with Crippen LogP contribution in [0, 0.1) is 5.92 Å². The Morgan fingerprint density at radius 3 is 2.17 bits per heavy atom. The van der Waals surface area contributed by atoms with Gasteiger partial charge in [-0.2, -0.15) is 4.31 Å². The third kappa shape index (κ3) is 4.82. The first-order valence-electron chi connectivity index (χ1n) is 8.49. The van der Waals surface area contributed by atoms with E-state index in [1.165, 1.54) is 17.1 Å². The van der Waals surface area contributed by atoms with E-state index in [1.807, 2.05) is 0 Å². The van der Waals surface area contributed by atoms with Crippen LogP contribution in [0.5, 0.6) is 0 Å². The number of nitrogens with one attached hydrogen (secondary N) is 1. The lowest BCUT2D eigenvalue weighted by molar-refractivity contribution is 0.152. The van der Waals surface area contributed by atoms with E-state index in [0.29, 0.717) is 19.0 Å². The fourth-order valence-corrected chi connectivity index (χ4v) is 8.31. The minimum absolute atomic E-state index is 0. The number of piperazine rings is 1. The molecule has 3 fully saturated rings. The van der Waals surface area contributed by atoms with E-state index in [2.05, 4.69) is 10.2 Å². The average molecular weight is 402 g/mol. The highest BCUT2D eigenvalue weighted by Gasteiger charge is 2.41. The second kappa shape index (κ2) is 8.18. The van der Waals surface area contributed by atoms with Crippen LogP contribution < -0.4 is 5.32 Å². The van der Waals surface area contributed by atoms with Crippen LogP contribution in [-0.2, 0) is 19.9 Å². The molecule has 0 saturated carbocycles. The van der Waals surface area contributed by atoms with Crippen LogP contribution >= 0.6 is 12.4 Å². The molecule has 24 heavy (non-hydrogen) atoms. The van der Waals surface area contributed by atoms with E-state index in [0.717, 1.165) is 32.7 Å². The van der Waals surface area contributed by atoms with Crippen LogP contribution in [0.3, 0.4) is 0 Å². The number of nitrogens with zero attached hydrogens (tertiary/aromatic N) is 2. The standard InChI is InChI=1S/C14H27N3O4S2.ClH/c18-22(19)10-3-14(12-22)23(20,21)17-8-6-16(7-9-17)11-13-1-4-15-5-2-13;/h13-15H,1-12H2;1H. The summed E-state index contributed by atoms with van der Waals surface area (Å²) in [6.45, 7) is 5.69. The number of sulfone groups is 1. The predicted octanol–water partition coefficient (Wildman–Crippen LogP) is -0.458. The Morgan fingerprint density at radius 1 is 1.00 bits per heavy atom. The van der Waals surface area contributed by atoms with Crippen LogP contribution in [0.25, 0.3) is 0 Å². The van der Waals surface area contributed by atoms with Gasteiger partial charge in [0.15, 0.2) is 9.84 Å². The molecule has 0 bridgehead atoms. The Kier molecular flexibility index (Phi) is 6.94. The van der Waals surface area contributed by atoms with Crippen molar-refractivity contribution in [2.45, 2.75) is 24.5 Å². The Labute approximate surface area is 151 Å². The lowest BCUT2D eigenvalue weighted by Gasteiger charge is -2.37. The first kappa shape index (κ1) is 20.4. The maximum absolute atomic E-state index is 12.6. The van der Waals surface area contributed by atoms with Gasteiger partial charge in [-0.25, -0.2) is 16.8 Å². The molecule has 0 amide bonds. The molecule has 1 N–H and O–H groups in total. The van der Waals surface area contributed by atoms with Crippen LogP contribution in [0.15, 0.2) is 0 Å². The highest BCUT2D eigenvalue weighted by atomic mass is 35.5. The Hall–Kier alpha value is 0.0700. The highest BCUT2D eigenvalue weighted by Crippen LogP contribution is 2.23. The monoisotopic (exact) mass is 401 g/mol. The van der Waals surface area contributed by atoms with E-state index in [9.17, 15) is 16.8 Å². The van der Waals surface area contributed by atoms with Crippen LogP contribution in [0.4, 0.5) is 0 Å². The summed E-state index contributed by atoms with van der Waals surface area (Å²) >= 11 is 0. The summed E-state index contributed by atoms with van der Waals surface area (Å²) in [6, 6.07) is 0. The fraction of sp³-hybridized carbons (Fsp3) is 1.00. The van der Waals surface area contributed by atoms with Crippen molar-refractivity contribution in [2.75, 3.05) is 57.3 Å². The molecular weight excluding hydrogens is 374 g/mol. The SMILES string of the molecule is Cl.O=S1(=O)CCC(S(=O)(=O)N2CCN(CC3CCNCC3)CC2)C1. The number of piperidine rings is 1. The predicted molar refractivity (Wildman–Crippen MR) is 96.8 cm³/mol. The molecule has 0 aromatic carbocycles. The van der Waals surface area contributed by atoms with Crippen molar-refractivity contribution in [1.82, 2.24) is 14.5 Å². The molecule has 7 nitrogen and oxygen atoms in total. The van der Waals surface area contributed by atoms with Gasteiger partial charge in [0.1, 0.15) is 0 Å². The molecule has 3 rings (SSSR count). The topological polar surface area (TPSA) is 86.8 Å². The normalized spacial score (nSPS) is 30.1. The van der Waals surface area contributed by atoms with E-state index < -0.39 is 25.1 Å². The molecular formula is C14H28ClN3O4S2. The van der Waals surface area contributed by atoms with Crippen molar-refractivity contribution in [3.05, 3.63) is 0 Å². The molecule has 0 aromatic heterocycles. The molecule has 1 atom stereocenters. The first-order valence-corrected chi connectivity index (χ1v) is 11.8. The molecule has 3 heterocycles. The third-order valence-corrected chi connectivity index (χ3v) is 9.59. The Morgan fingerprint density at radius 2 is 1.62 bits per heavy atom. The molecule has 0 spiro atoms. The summed E-state index contributed by atoms with van der Waals surface area (Å²) in [4.78, 5) is 2.35. The van der Waals surface area contributed by atoms with Crippen molar-refractivity contribution >= 4 is 32.3 Å². The molecule has 1 unspecified atom stereocenters. The van der Waals surface area contributed by atoms with Crippen molar-refractivity contribution in [2.24, 2.45) is 5.92 Å². The number of halogens is 1.